The van der Waals surface area contributed by atoms with E-state index >= 15 is 0 Å². The highest BCUT2D eigenvalue weighted by Gasteiger charge is 2.33. The number of halogens is 1. The number of hydrogen-bond donors (Lipinski definition) is 2. The zero-order valence-electron chi connectivity index (χ0n) is 17.3. The van der Waals surface area contributed by atoms with Crippen molar-refractivity contribution in [2.24, 2.45) is 5.73 Å². The van der Waals surface area contributed by atoms with Crippen LogP contribution in [0.3, 0.4) is 0 Å². The maximum absolute atomic E-state index is 13.4. The van der Waals surface area contributed by atoms with Crippen molar-refractivity contribution < 1.29 is 17.5 Å². The van der Waals surface area contributed by atoms with Gasteiger partial charge in [-0.25, -0.2) is 17.8 Å². The summed E-state index contributed by atoms with van der Waals surface area (Å²) in [6.07, 6.45) is 1.59. The number of hydrogen-bond acceptors (Lipinski definition) is 8. The van der Waals surface area contributed by atoms with Crippen molar-refractivity contribution in [3.63, 3.8) is 0 Å². The lowest BCUT2D eigenvalue weighted by Crippen LogP contribution is -2.45. The second-order valence-corrected chi connectivity index (χ2v) is 9.88. The Kier molecular flexibility index (Phi) is 7.58. The quantitative estimate of drug-likeness (QED) is 0.472. The highest BCUT2D eigenvalue weighted by Crippen LogP contribution is 2.25. The molecule has 0 radical (unpaired) electrons. The number of rotatable bonds is 10. The molecule has 0 saturated heterocycles. The van der Waals surface area contributed by atoms with E-state index in [1.807, 2.05) is 6.92 Å². The molecule has 31 heavy (non-hydrogen) atoms. The molecule has 1 heterocycles. The van der Waals surface area contributed by atoms with Gasteiger partial charge in [-0.1, -0.05) is 25.5 Å². The van der Waals surface area contributed by atoms with Gasteiger partial charge in [-0.2, -0.15) is 4.37 Å². The van der Waals surface area contributed by atoms with Gasteiger partial charge in [0.15, 0.2) is 5.37 Å². The highest BCUT2D eigenvalue weighted by atomic mass is 32.2. The van der Waals surface area contributed by atoms with Gasteiger partial charge in [0, 0.05) is 24.0 Å². The van der Waals surface area contributed by atoms with Crippen LogP contribution in [0.1, 0.15) is 31.2 Å². The SMILES string of the molecule is CCCC(N)C(Nc1nc(Cc2cccc(F)c2)ns1)S(=O)(=O)c1ccc(OC)cc1. The minimum atomic E-state index is -3.80. The number of nitrogens with one attached hydrogen (secondary N) is 1. The molecule has 3 rings (SSSR count). The molecule has 0 saturated carbocycles. The van der Waals surface area contributed by atoms with Crippen LogP contribution >= 0.6 is 11.5 Å². The largest absolute Gasteiger partial charge is 0.497 e. The van der Waals surface area contributed by atoms with Crippen LogP contribution in [0.2, 0.25) is 0 Å². The van der Waals surface area contributed by atoms with Gasteiger partial charge in [-0.05, 0) is 48.4 Å². The monoisotopic (exact) mass is 464 g/mol. The molecular formula is C21H25FN4O3S2. The highest BCUT2D eigenvalue weighted by molar-refractivity contribution is 7.92. The lowest BCUT2D eigenvalue weighted by atomic mass is 10.1. The van der Waals surface area contributed by atoms with Crippen molar-refractivity contribution in [1.82, 2.24) is 9.36 Å². The lowest BCUT2D eigenvalue weighted by Gasteiger charge is -2.24. The van der Waals surface area contributed by atoms with Crippen LogP contribution in [0.15, 0.2) is 53.4 Å². The predicted molar refractivity (Wildman–Crippen MR) is 120 cm³/mol. The number of benzene rings is 2. The topological polar surface area (TPSA) is 107 Å². The third-order valence-corrected chi connectivity index (χ3v) is 7.47. The molecule has 7 nitrogen and oxygen atoms in total. The first kappa shape index (κ1) is 23.1. The Morgan fingerprint density at radius 3 is 2.61 bits per heavy atom. The normalized spacial score (nSPS) is 13.5. The Hall–Kier alpha value is -2.56. The Bertz CT molecular complexity index is 1100. The van der Waals surface area contributed by atoms with Gasteiger partial charge < -0.3 is 15.8 Å². The molecule has 3 N–H and O–H groups in total. The second kappa shape index (κ2) is 10.2. The fourth-order valence-electron chi connectivity index (χ4n) is 3.15. The first-order valence-electron chi connectivity index (χ1n) is 9.80. The van der Waals surface area contributed by atoms with Gasteiger partial charge in [0.05, 0.1) is 12.0 Å². The molecule has 0 aliphatic heterocycles. The van der Waals surface area contributed by atoms with E-state index in [1.54, 1.807) is 24.3 Å². The van der Waals surface area contributed by atoms with E-state index < -0.39 is 21.3 Å². The molecule has 1 aromatic heterocycles. The van der Waals surface area contributed by atoms with E-state index in [4.69, 9.17) is 10.5 Å². The molecular weight excluding hydrogens is 439 g/mol. The third-order valence-electron chi connectivity index (χ3n) is 4.72. The van der Waals surface area contributed by atoms with Crippen molar-refractivity contribution in [1.29, 1.82) is 0 Å². The maximum atomic E-state index is 13.4. The van der Waals surface area contributed by atoms with Crippen LogP contribution in [-0.2, 0) is 16.3 Å². The van der Waals surface area contributed by atoms with Crippen molar-refractivity contribution >= 4 is 26.5 Å². The summed E-state index contributed by atoms with van der Waals surface area (Å²) in [5.74, 6) is 0.706. The van der Waals surface area contributed by atoms with E-state index in [1.165, 1.54) is 31.4 Å². The average molecular weight is 465 g/mol. The number of ether oxygens (including phenoxy) is 1. The van der Waals surface area contributed by atoms with Gasteiger partial charge in [0.1, 0.15) is 17.4 Å². The lowest BCUT2D eigenvalue weighted by molar-refractivity contribution is 0.414. The summed E-state index contributed by atoms with van der Waals surface area (Å²) >= 11 is 1.05. The molecule has 0 spiro atoms. The molecule has 2 atom stereocenters. The van der Waals surface area contributed by atoms with E-state index in [2.05, 4.69) is 14.7 Å². The van der Waals surface area contributed by atoms with E-state index in [0.717, 1.165) is 23.5 Å². The summed E-state index contributed by atoms with van der Waals surface area (Å²) in [5, 5.41) is 2.25. The van der Waals surface area contributed by atoms with Crippen LogP contribution in [0.5, 0.6) is 5.75 Å². The molecule has 0 fully saturated rings. The van der Waals surface area contributed by atoms with E-state index in [9.17, 15) is 12.8 Å². The molecule has 0 amide bonds. The van der Waals surface area contributed by atoms with Gasteiger partial charge in [0.25, 0.3) is 0 Å². The molecule has 0 aliphatic rings. The zero-order valence-corrected chi connectivity index (χ0v) is 18.9. The van der Waals surface area contributed by atoms with Crippen LogP contribution in [-0.4, -0.2) is 36.3 Å². The first-order chi connectivity index (χ1) is 14.8. The standard InChI is InChI=1S/C21H25FN4O3S2/c1-3-5-18(23)20(31(27,28)17-10-8-16(29-2)9-11-17)25-21-24-19(26-30-21)13-14-6-4-7-15(22)12-14/h4,6-12,18,20H,3,5,13,23H2,1-2H3,(H,24,25,26). The summed E-state index contributed by atoms with van der Waals surface area (Å²) in [7, 11) is -2.29. The van der Waals surface area contributed by atoms with Crippen molar-refractivity contribution in [3.05, 3.63) is 65.7 Å². The van der Waals surface area contributed by atoms with Crippen LogP contribution in [0.4, 0.5) is 9.52 Å². The molecule has 0 bridgehead atoms. The number of methoxy groups -OCH3 is 1. The van der Waals surface area contributed by atoms with Gasteiger partial charge in [-0.15, -0.1) is 0 Å². The molecule has 3 aromatic rings. The van der Waals surface area contributed by atoms with E-state index in [0.29, 0.717) is 29.5 Å². The van der Waals surface area contributed by atoms with Crippen LogP contribution in [0, 0.1) is 5.82 Å². The van der Waals surface area contributed by atoms with Crippen molar-refractivity contribution in [2.45, 2.75) is 42.5 Å². The maximum Gasteiger partial charge on any atom is 0.203 e. The Labute approximate surface area is 185 Å². The summed E-state index contributed by atoms with van der Waals surface area (Å²) in [6, 6.07) is 11.7. The smallest absolute Gasteiger partial charge is 0.203 e. The first-order valence-corrected chi connectivity index (χ1v) is 12.1. The molecule has 10 heteroatoms. The molecule has 0 aliphatic carbocycles. The number of aromatic nitrogens is 2. The Morgan fingerprint density at radius 1 is 1.23 bits per heavy atom. The summed E-state index contributed by atoms with van der Waals surface area (Å²) < 4.78 is 49.4. The van der Waals surface area contributed by atoms with Gasteiger partial charge >= 0.3 is 0 Å². The molecule has 2 unspecified atom stereocenters. The van der Waals surface area contributed by atoms with E-state index in [-0.39, 0.29) is 10.7 Å². The predicted octanol–water partition coefficient (Wildman–Crippen LogP) is 3.62. The zero-order chi connectivity index (χ0) is 22.4. The average Bonchev–Trinajstić information content (AvgIpc) is 3.19. The Morgan fingerprint density at radius 2 is 1.97 bits per heavy atom. The van der Waals surface area contributed by atoms with Gasteiger partial charge in [-0.3, -0.25) is 0 Å². The van der Waals surface area contributed by atoms with Crippen LogP contribution in [0.25, 0.3) is 0 Å². The second-order valence-electron chi connectivity index (χ2n) is 7.06. The summed E-state index contributed by atoms with van der Waals surface area (Å²) in [4.78, 5) is 4.53. The number of nitrogens with zero attached hydrogens (tertiary/aromatic N) is 2. The number of anilines is 1. The molecule has 166 valence electrons. The minimum Gasteiger partial charge on any atom is -0.497 e. The van der Waals surface area contributed by atoms with Crippen LogP contribution < -0.4 is 15.8 Å². The summed E-state index contributed by atoms with van der Waals surface area (Å²) in [6.45, 7) is 1.94. The third kappa shape index (κ3) is 5.78. The fourth-order valence-corrected chi connectivity index (χ4v) is 5.52. The van der Waals surface area contributed by atoms with Gasteiger partial charge in [0.2, 0.25) is 15.0 Å². The fraction of sp³-hybridized carbons (Fsp3) is 0.333. The Balaban J connectivity index is 1.83. The van der Waals surface area contributed by atoms with Crippen molar-refractivity contribution in [2.75, 3.05) is 12.4 Å². The minimum absolute atomic E-state index is 0.141. The molecule has 2 aromatic carbocycles. The van der Waals surface area contributed by atoms with Crippen molar-refractivity contribution in [3.8, 4) is 5.75 Å². The number of nitrogens with two attached hydrogens (primary N) is 1. The number of sulfone groups is 1. The summed E-state index contributed by atoms with van der Waals surface area (Å²) in [5.41, 5.74) is 6.98.